The van der Waals surface area contributed by atoms with Crippen LogP contribution in [0.2, 0.25) is 0 Å². The van der Waals surface area contributed by atoms with Gasteiger partial charge < -0.3 is 4.90 Å². The summed E-state index contributed by atoms with van der Waals surface area (Å²) in [5, 5.41) is 0. The number of sulfonamides is 1. The lowest BCUT2D eigenvalue weighted by atomic mass is 9.77. The molecule has 2 saturated heterocycles. The van der Waals surface area contributed by atoms with E-state index in [2.05, 4.69) is 0 Å². The van der Waals surface area contributed by atoms with Gasteiger partial charge in [0.05, 0.1) is 11.7 Å². The Morgan fingerprint density at radius 3 is 2.26 bits per heavy atom. The molecule has 3 fully saturated rings. The van der Waals surface area contributed by atoms with Crippen molar-refractivity contribution >= 4 is 15.9 Å². The van der Waals surface area contributed by atoms with Crippen molar-refractivity contribution in [2.45, 2.75) is 32.1 Å². The van der Waals surface area contributed by atoms with Crippen molar-refractivity contribution in [3.05, 3.63) is 0 Å². The van der Waals surface area contributed by atoms with Crippen LogP contribution in [0.3, 0.4) is 0 Å². The summed E-state index contributed by atoms with van der Waals surface area (Å²) < 4.78 is 24.5. The molecule has 3 rings (SSSR count). The fourth-order valence-electron chi connectivity index (χ4n) is 3.39. The molecule has 0 unspecified atom stereocenters. The molecule has 0 N–H and O–H groups in total. The van der Waals surface area contributed by atoms with E-state index in [-0.39, 0.29) is 11.3 Å². The summed E-state index contributed by atoms with van der Waals surface area (Å²) in [5.74, 6) is 1.02. The maximum atomic E-state index is 12.6. The minimum absolute atomic E-state index is 0.254. The Kier molecular flexibility index (Phi) is 3.13. The minimum atomic E-state index is -3.10. The molecule has 0 aromatic rings. The van der Waals surface area contributed by atoms with Crippen LogP contribution < -0.4 is 0 Å². The summed E-state index contributed by atoms with van der Waals surface area (Å²) in [6.45, 7) is 2.80. The maximum absolute atomic E-state index is 12.6. The first kappa shape index (κ1) is 13.4. The standard InChI is InChI=1S/C13H22N2O3S/c1-19(17,18)15-8-5-13(6-9-15)4-7-14(12(13)16)10-11-2-3-11/h11H,2-10H2,1H3. The van der Waals surface area contributed by atoms with E-state index in [1.807, 2.05) is 4.90 Å². The molecule has 2 heterocycles. The number of nitrogens with zero attached hydrogens (tertiary/aromatic N) is 2. The lowest BCUT2D eigenvalue weighted by Crippen LogP contribution is -2.46. The number of rotatable bonds is 3. The molecule has 0 bridgehead atoms. The first-order valence-corrected chi connectivity index (χ1v) is 9.00. The number of hydrogen-bond acceptors (Lipinski definition) is 3. The average Bonchev–Trinajstić information content (AvgIpc) is 3.12. The third-order valence-electron chi connectivity index (χ3n) is 4.93. The molecule has 1 amide bonds. The highest BCUT2D eigenvalue weighted by molar-refractivity contribution is 7.88. The highest BCUT2D eigenvalue weighted by Crippen LogP contribution is 2.43. The second-order valence-corrected chi connectivity index (χ2v) is 8.37. The van der Waals surface area contributed by atoms with Crippen molar-refractivity contribution in [3.8, 4) is 0 Å². The quantitative estimate of drug-likeness (QED) is 0.766. The Hall–Kier alpha value is -0.620. The first-order valence-electron chi connectivity index (χ1n) is 7.15. The monoisotopic (exact) mass is 286 g/mol. The van der Waals surface area contributed by atoms with E-state index in [0.717, 1.165) is 25.4 Å². The molecule has 108 valence electrons. The van der Waals surface area contributed by atoms with E-state index in [4.69, 9.17) is 0 Å². The normalized spacial score (nSPS) is 28.3. The molecule has 0 radical (unpaired) electrons. The zero-order valence-electron chi connectivity index (χ0n) is 11.5. The molecule has 1 spiro atoms. The van der Waals surface area contributed by atoms with Gasteiger partial charge in [-0.1, -0.05) is 0 Å². The fraction of sp³-hybridized carbons (Fsp3) is 0.923. The molecule has 19 heavy (non-hydrogen) atoms. The molecule has 1 saturated carbocycles. The van der Waals surface area contributed by atoms with Gasteiger partial charge in [0, 0.05) is 26.2 Å². The zero-order chi connectivity index (χ0) is 13.7. The molecule has 6 heteroatoms. The molecule has 3 aliphatic rings. The average molecular weight is 286 g/mol. The summed E-state index contributed by atoms with van der Waals surface area (Å²) >= 11 is 0. The van der Waals surface area contributed by atoms with E-state index in [0.29, 0.717) is 25.9 Å². The van der Waals surface area contributed by atoms with Crippen LogP contribution in [0, 0.1) is 11.3 Å². The maximum Gasteiger partial charge on any atom is 0.228 e. The first-order chi connectivity index (χ1) is 8.91. The molecule has 0 aromatic heterocycles. The number of amides is 1. The van der Waals surface area contributed by atoms with E-state index >= 15 is 0 Å². The van der Waals surface area contributed by atoms with Gasteiger partial charge in [-0.05, 0) is 38.0 Å². The summed E-state index contributed by atoms with van der Waals surface area (Å²) in [5.41, 5.74) is -0.254. The van der Waals surface area contributed by atoms with Gasteiger partial charge in [0.25, 0.3) is 0 Å². The lowest BCUT2D eigenvalue weighted by molar-refractivity contribution is -0.138. The second-order valence-electron chi connectivity index (χ2n) is 6.39. The van der Waals surface area contributed by atoms with E-state index in [9.17, 15) is 13.2 Å². The molecule has 5 nitrogen and oxygen atoms in total. The van der Waals surface area contributed by atoms with Crippen LogP contribution in [-0.4, -0.2) is 56.0 Å². The number of likely N-dealkylation sites (tertiary alicyclic amines) is 1. The Bertz CT molecular complexity index is 476. The number of piperidine rings is 1. The molecule has 0 atom stereocenters. The Labute approximate surface area is 115 Å². The highest BCUT2D eigenvalue weighted by Gasteiger charge is 2.49. The molecular weight excluding hydrogens is 264 g/mol. The van der Waals surface area contributed by atoms with E-state index < -0.39 is 10.0 Å². The van der Waals surface area contributed by atoms with Crippen LogP contribution in [0.4, 0.5) is 0 Å². The second kappa shape index (κ2) is 4.45. The van der Waals surface area contributed by atoms with Crippen LogP contribution >= 0.6 is 0 Å². The predicted molar refractivity (Wildman–Crippen MR) is 72.0 cm³/mol. The SMILES string of the molecule is CS(=O)(=O)N1CCC2(CCN(CC3CC3)C2=O)CC1. The summed E-state index contributed by atoms with van der Waals surface area (Å²) in [4.78, 5) is 14.6. The molecule has 0 aromatic carbocycles. The van der Waals surface area contributed by atoms with Crippen LogP contribution in [0.5, 0.6) is 0 Å². The van der Waals surface area contributed by atoms with Crippen molar-refractivity contribution in [1.29, 1.82) is 0 Å². The van der Waals surface area contributed by atoms with Gasteiger partial charge in [0.15, 0.2) is 0 Å². The van der Waals surface area contributed by atoms with Gasteiger partial charge in [0.2, 0.25) is 15.9 Å². The summed E-state index contributed by atoms with van der Waals surface area (Å²) in [6, 6.07) is 0. The largest absolute Gasteiger partial charge is 0.342 e. The third-order valence-corrected chi connectivity index (χ3v) is 6.23. The molecule has 1 aliphatic carbocycles. The smallest absolute Gasteiger partial charge is 0.228 e. The number of carbonyl (C=O) groups is 1. The Balaban J connectivity index is 1.64. The van der Waals surface area contributed by atoms with Gasteiger partial charge in [-0.25, -0.2) is 12.7 Å². The van der Waals surface area contributed by atoms with Gasteiger partial charge in [-0.15, -0.1) is 0 Å². The zero-order valence-corrected chi connectivity index (χ0v) is 12.3. The van der Waals surface area contributed by atoms with Crippen LogP contribution in [-0.2, 0) is 14.8 Å². The molecular formula is C13H22N2O3S. The van der Waals surface area contributed by atoms with E-state index in [1.165, 1.54) is 23.4 Å². The lowest BCUT2D eigenvalue weighted by Gasteiger charge is -2.36. The van der Waals surface area contributed by atoms with Crippen molar-refractivity contribution in [1.82, 2.24) is 9.21 Å². The third kappa shape index (κ3) is 2.52. The van der Waals surface area contributed by atoms with Crippen LogP contribution in [0.15, 0.2) is 0 Å². The van der Waals surface area contributed by atoms with Gasteiger partial charge in [-0.2, -0.15) is 0 Å². The van der Waals surface area contributed by atoms with Gasteiger partial charge >= 0.3 is 0 Å². The highest BCUT2D eigenvalue weighted by atomic mass is 32.2. The Morgan fingerprint density at radius 1 is 1.16 bits per heavy atom. The number of hydrogen-bond donors (Lipinski definition) is 0. The predicted octanol–water partition coefficient (Wildman–Crippen LogP) is 0.671. The summed E-state index contributed by atoms with van der Waals surface area (Å²) in [7, 11) is -3.10. The fourth-order valence-corrected chi connectivity index (χ4v) is 4.23. The van der Waals surface area contributed by atoms with E-state index in [1.54, 1.807) is 0 Å². The van der Waals surface area contributed by atoms with Crippen LogP contribution in [0.25, 0.3) is 0 Å². The van der Waals surface area contributed by atoms with Crippen molar-refractivity contribution in [3.63, 3.8) is 0 Å². The number of carbonyl (C=O) groups excluding carboxylic acids is 1. The van der Waals surface area contributed by atoms with Crippen molar-refractivity contribution in [2.24, 2.45) is 11.3 Å². The van der Waals surface area contributed by atoms with Crippen molar-refractivity contribution in [2.75, 3.05) is 32.4 Å². The Morgan fingerprint density at radius 2 is 1.74 bits per heavy atom. The van der Waals surface area contributed by atoms with Crippen molar-refractivity contribution < 1.29 is 13.2 Å². The topological polar surface area (TPSA) is 57.7 Å². The van der Waals surface area contributed by atoms with Gasteiger partial charge in [0.1, 0.15) is 0 Å². The summed E-state index contributed by atoms with van der Waals surface area (Å²) in [6.07, 6.45) is 6.08. The molecule has 2 aliphatic heterocycles. The van der Waals surface area contributed by atoms with Gasteiger partial charge in [-0.3, -0.25) is 4.79 Å². The van der Waals surface area contributed by atoms with Crippen LogP contribution in [0.1, 0.15) is 32.1 Å². The minimum Gasteiger partial charge on any atom is -0.342 e.